The van der Waals surface area contributed by atoms with Crippen molar-refractivity contribution in [3.63, 3.8) is 0 Å². The van der Waals surface area contributed by atoms with E-state index in [1.807, 2.05) is 0 Å². The molecule has 0 amide bonds. The van der Waals surface area contributed by atoms with E-state index in [1.165, 1.54) is 7.11 Å². The summed E-state index contributed by atoms with van der Waals surface area (Å²) >= 11 is 6.03. The third-order valence-corrected chi connectivity index (χ3v) is 2.73. The Balaban J connectivity index is 3.35. The zero-order valence-corrected chi connectivity index (χ0v) is 10.5. The second-order valence-electron chi connectivity index (χ2n) is 3.24. The summed E-state index contributed by atoms with van der Waals surface area (Å²) in [6.07, 6.45) is 0. The van der Waals surface area contributed by atoms with Crippen molar-refractivity contribution < 1.29 is 14.3 Å². The van der Waals surface area contributed by atoms with E-state index < -0.39 is 5.97 Å². The summed E-state index contributed by atoms with van der Waals surface area (Å²) in [5.74, 6) is -0.218. The van der Waals surface area contributed by atoms with Gasteiger partial charge in [-0.1, -0.05) is 11.6 Å². The van der Waals surface area contributed by atoms with Crippen LogP contribution in [0.15, 0.2) is 0 Å². The molecule has 0 spiro atoms. The molecule has 1 rings (SSSR count). The fourth-order valence-electron chi connectivity index (χ4n) is 1.39. The van der Waals surface area contributed by atoms with Gasteiger partial charge in [0.25, 0.3) is 0 Å². The van der Waals surface area contributed by atoms with Gasteiger partial charge in [-0.2, -0.15) is 0 Å². The molecule has 1 heterocycles. The van der Waals surface area contributed by atoms with Gasteiger partial charge in [-0.15, -0.1) is 0 Å². The molecule has 1 aromatic rings. The van der Waals surface area contributed by atoms with E-state index >= 15 is 0 Å². The maximum atomic E-state index is 11.7. The summed E-state index contributed by atoms with van der Waals surface area (Å²) in [6.45, 7) is 5.54. The Kier molecular flexibility index (Phi) is 4.12. The molecule has 16 heavy (non-hydrogen) atoms. The minimum absolute atomic E-state index is 0.248. The molecule has 0 bridgehead atoms. The molecular weight excluding hydrogens is 230 g/mol. The molecule has 0 atom stereocenters. The number of carbonyl (C=O) groups is 1. The molecule has 0 fully saturated rings. The van der Waals surface area contributed by atoms with Crippen LogP contribution in [0.2, 0.25) is 5.02 Å². The third kappa shape index (κ3) is 2.27. The van der Waals surface area contributed by atoms with Gasteiger partial charge in [0.2, 0.25) is 5.88 Å². The number of hydrogen-bond donors (Lipinski definition) is 0. The van der Waals surface area contributed by atoms with Crippen molar-refractivity contribution in [1.82, 2.24) is 4.98 Å². The Labute approximate surface area is 99.5 Å². The van der Waals surface area contributed by atoms with E-state index in [1.54, 1.807) is 20.8 Å². The Morgan fingerprint density at radius 3 is 2.56 bits per heavy atom. The summed E-state index contributed by atoms with van der Waals surface area (Å²) < 4.78 is 9.99. The number of rotatable bonds is 3. The van der Waals surface area contributed by atoms with Crippen LogP contribution in [0.3, 0.4) is 0 Å². The molecule has 1 aromatic heterocycles. The van der Waals surface area contributed by atoms with Crippen LogP contribution in [-0.4, -0.2) is 24.7 Å². The third-order valence-electron chi connectivity index (χ3n) is 2.18. The molecule has 0 N–H and O–H groups in total. The maximum absolute atomic E-state index is 11.7. The number of halogens is 1. The normalized spacial score (nSPS) is 10.1. The predicted molar refractivity (Wildman–Crippen MR) is 61.2 cm³/mol. The van der Waals surface area contributed by atoms with Crippen LogP contribution >= 0.6 is 11.6 Å². The van der Waals surface area contributed by atoms with Crippen molar-refractivity contribution in [2.75, 3.05) is 13.7 Å². The van der Waals surface area contributed by atoms with Crippen LogP contribution in [0.25, 0.3) is 0 Å². The minimum atomic E-state index is -0.466. The number of aryl methyl sites for hydroxylation is 1. The van der Waals surface area contributed by atoms with Gasteiger partial charge in [-0.3, -0.25) is 0 Å². The van der Waals surface area contributed by atoms with E-state index in [0.29, 0.717) is 28.5 Å². The van der Waals surface area contributed by atoms with Gasteiger partial charge in [-0.25, -0.2) is 9.78 Å². The molecule has 5 heteroatoms. The van der Waals surface area contributed by atoms with Gasteiger partial charge in [0.05, 0.1) is 24.4 Å². The number of pyridine rings is 1. The van der Waals surface area contributed by atoms with E-state index in [9.17, 15) is 4.79 Å². The lowest BCUT2D eigenvalue weighted by molar-refractivity contribution is 0.0521. The van der Waals surface area contributed by atoms with Gasteiger partial charge in [0.1, 0.15) is 5.56 Å². The van der Waals surface area contributed by atoms with E-state index in [-0.39, 0.29) is 5.88 Å². The lowest BCUT2D eigenvalue weighted by atomic mass is 10.1. The highest BCUT2D eigenvalue weighted by Gasteiger charge is 2.21. The Bertz CT molecular complexity index is 418. The van der Waals surface area contributed by atoms with Crippen molar-refractivity contribution in [1.29, 1.82) is 0 Å². The molecular formula is C11H14ClNO3. The van der Waals surface area contributed by atoms with Crippen LogP contribution in [0, 0.1) is 13.8 Å². The summed E-state index contributed by atoms with van der Waals surface area (Å²) in [5.41, 5.74) is 1.55. The first-order valence-electron chi connectivity index (χ1n) is 4.90. The summed E-state index contributed by atoms with van der Waals surface area (Å²) in [4.78, 5) is 15.8. The molecule has 0 saturated heterocycles. The molecule has 4 nitrogen and oxygen atoms in total. The number of hydrogen-bond acceptors (Lipinski definition) is 4. The fourth-order valence-corrected chi connectivity index (χ4v) is 1.53. The highest BCUT2D eigenvalue weighted by molar-refractivity contribution is 6.32. The zero-order valence-electron chi connectivity index (χ0n) is 9.76. The highest BCUT2D eigenvalue weighted by atomic mass is 35.5. The number of methoxy groups -OCH3 is 1. The second-order valence-corrected chi connectivity index (χ2v) is 3.62. The van der Waals surface area contributed by atoms with Crippen LogP contribution in [0.5, 0.6) is 5.88 Å². The minimum Gasteiger partial charge on any atom is -0.480 e. The van der Waals surface area contributed by atoms with Gasteiger partial charge in [0.15, 0.2) is 0 Å². The largest absolute Gasteiger partial charge is 0.480 e. The molecule has 0 radical (unpaired) electrons. The maximum Gasteiger partial charge on any atom is 0.343 e. The molecule has 0 unspecified atom stereocenters. The molecule has 0 aliphatic rings. The molecule has 0 aromatic carbocycles. The molecule has 0 aliphatic carbocycles. The summed E-state index contributed by atoms with van der Waals surface area (Å²) in [7, 11) is 1.46. The van der Waals surface area contributed by atoms with E-state index in [0.717, 1.165) is 0 Å². The van der Waals surface area contributed by atoms with E-state index in [2.05, 4.69) is 4.98 Å². The predicted octanol–water partition coefficient (Wildman–Crippen LogP) is 2.54. The second kappa shape index (κ2) is 5.16. The van der Waals surface area contributed by atoms with Crippen molar-refractivity contribution >= 4 is 17.6 Å². The van der Waals surface area contributed by atoms with Crippen LogP contribution in [0.4, 0.5) is 0 Å². The van der Waals surface area contributed by atoms with Crippen LogP contribution in [-0.2, 0) is 4.74 Å². The monoisotopic (exact) mass is 243 g/mol. The van der Waals surface area contributed by atoms with Crippen molar-refractivity contribution in [2.45, 2.75) is 20.8 Å². The first kappa shape index (κ1) is 12.8. The molecule has 0 aliphatic heterocycles. The SMILES string of the molecule is CCOC(=O)c1c(OC)nc(C)c(Cl)c1C. The van der Waals surface area contributed by atoms with Gasteiger partial charge < -0.3 is 9.47 Å². The Hall–Kier alpha value is -1.29. The Morgan fingerprint density at radius 1 is 1.44 bits per heavy atom. The average molecular weight is 244 g/mol. The lowest BCUT2D eigenvalue weighted by Gasteiger charge is -2.12. The summed E-state index contributed by atoms with van der Waals surface area (Å²) in [6, 6.07) is 0. The summed E-state index contributed by atoms with van der Waals surface area (Å²) in [5, 5.41) is 0.462. The van der Waals surface area contributed by atoms with Gasteiger partial charge in [0, 0.05) is 0 Å². The quantitative estimate of drug-likeness (QED) is 0.766. The Morgan fingerprint density at radius 2 is 2.06 bits per heavy atom. The first-order valence-corrected chi connectivity index (χ1v) is 5.28. The average Bonchev–Trinajstić information content (AvgIpc) is 2.25. The first-order chi connectivity index (χ1) is 7.52. The number of ether oxygens (including phenoxy) is 2. The number of esters is 1. The van der Waals surface area contributed by atoms with Crippen molar-refractivity contribution in [3.05, 3.63) is 21.8 Å². The highest BCUT2D eigenvalue weighted by Crippen LogP contribution is 2.29. The van der Waals surface area contributed by atoms with Gasteiger partial charge >= 0.3 is 5.97 Å². The molecule has 0 saturated carbocycles. The van der Waals surface area contributed by atoms with Crippen LogP contribution in [0.1, 0.15) is 28.5 Å². The standard InChI is InChI=1S/C11H14ClNO3/c1-5-16-11(14)8-6(2)9(12)7(3)13-10(8)15-4/h5H2,1-4H3. The van der Waals surface area contributed by atoms with Crippen molar-refractivity contribution in [3.8, 4) is 5.88 Å². The van der Waals surface area contributed by atoms with Crippen molar-refractivity contribution in [2.24, 2.45) is 0 Å². The topological polar surface area (TPSA) is 48.4 Å². The van der Waals surface area contributed by atoms with Crippen LogP contribution < -0.4 is 4.74 Å². The van der Waals surface area contributed by atoms with E-state index in [4.69, 9.17) is 21.1 Å². The van der Waals surface area contributed by atoms with Gasteiger partial charge in [-0.05, 0) is 26.3 Å². The number of carbonyl (C=O) groups excluding carboxylic acids is 1. The lowest BCUT2D eigenvalue weighted by Crippen LogP contribution is -2.11. The fraction of sp³-hybridized carbons (Fsp3) is 0.455. The number of aromatic nitrogens is 1. The smallest absolute Gasteiger partial charge is 0.343 e. The molecule has 88 valence electrons. The zero-order chi connectivity index (χ0) is 12.3. The number of nitrogens with zero attached hydrogens (tertiary/aromatic N) is 1.